The van der Waals surface area contributed by atoms with Crippen molar-refractivity contribution in [3.63, 3.8) is 0 Å². The number of imide groups is 1. The average Bonchev–Trinajstić information content (AvgIpc) is 2.93. The molecule has 0 atom stereocenters. The average molecular weight is 431 g/mol. The first kappa shape index (κ1) is 20.9. The number of nitrogens with zero attached hydrogens (tertiary/aromatic N) is 1. The van der Waals surface area contributed by atoms with Crippen LogP contribution >= 0.6 is 11.6 Å². The first-order valence-electron chi connectivity index (χ1n) is 10.1. The molecule has 0 bridgehead atoms. The molecule has 0 fully saturated rings. The molecule has 31 heavy (non-hydrogen) atoms. The molecule has 1 aliphatic rings. The van der Waals surface area contributed by atoms with E-state index in [4.69, 9.17) is 11.6 Å². The molecule has 1 N–H and O–H groups in total. The summed E-state index contributed by atoms with van der Waals surface area (Å²) in [5.41, 5.74) is 6.85. The van der Waals surface area contributed by atoms with Gasteiger partial charge in [-0.15, -0.1) is 0 Å². The number of carbonyl (C=O) groups excluding carboxylic acids is 2. The van der Waals surface area contributed by atoms with Gasteiger partial charge >= 0.3 is 0 Å². The highest BCUT2D eigenvalue weighted by molar-refractivity contribution is 6.46. The number of hydrogen-bond donors (Lipinski definition) is 1. The third-order valence-corrected chi connectivity index (χ3v) is 5.67. The number of nitrogens with one attached hydrogen (secondary N) is 1. The highest BCUT2D eigenvalue weighted by Crippen LogP contribution is 2.35. The van der Waals surface area contributed by atoms with E-state index in [-0.39, 0.29) is 11.6 Å². The van der Waals surface area contributed by atoms with E-state index in [1.807, 2.05) is 58.0 Å². The summed E-state index contributed by atoms with van der Waals surface area (Å²) in [6.45, 7) is 8.00. The van der Waals surface area contributed by atoms with Gasteiger partial charge in [-0.2, -0.15) is 0 Å². The Morgan fingerprint density at radius 1 is 0.774 bits per heavy atom. The lowest BCUT2D eigenvalue weighted by Gasteiger charge is -2.16. The van der Waals surface area contributed by atoms with E-state index in [2.05, 4.69) is 11.4 Å². The second kappa shape index (κ2) is 8.05. The molecule has 0 spiro atoms. The number of halogens is 1. The van der Waals surface area contributed by atoms with Gasteiger partial charge in [-0.05, 0) is 85.8 Å². The van der Waals surface area contributed by atoms with Crippen LogP contribution in [0.15, 0.2) is 66.4 Å². The van der Waals surface area contributed by atoms with Crippen LogP contribution in [0.3, 0.4) is 0 Å². The number of anilines is 2. The minimum atomic E-state index is -0.403. The maximum atomic E-state index is 13.5. The normalized spacial score (nSPS) is 13.9. The molecule has 0 aliphatic carbocycles. The monoisotopic (exact) mass is 430 g/mol. The minimum Gasteiger partial charge on any atom is -0.350 e. The number of amides is 2. The van der Waals surface area contributed by atoms with E-state index in [0.29, 0.717) is 21.8 Å². The topological polar surface area (TPSA) is 49.4 Å². The second-order valence-electron chi connectivity index (χ2n) is 7.98. The van der Waals surface area contributed by atoms with E-state index >= 15 is 0 Å². The second-order valence-corrected chi connectivity index (χ2v) is 8.41. The zero-order valence-corrected chi connectivity index (χ0v) is 18.7. The van der Waals surface area contributed by atoms with Crippen molar-refractivity contribution in [3.05, 3.63) is 99.2 Å². The summed E-state index contributed by atoms with van der Waals surface area (Å²) in [6.07, 6.45) is 0. The van der Waals surface area contributed by atoms with Crippen LogP contribution in [0.5, 0.6) is 0 Å². The number of hydrogen-bond acceptors (Lipinski definition) is 3. The van der Waals surface area contributed by atoms with Crippen LogP contribution in [-0.4, -0.2) is 11.8 Å². The van der Waals surface area contributed by atoms with Crippen LogP contribution in [0.2, 0.25) is 5.02 Å². The van der Waals surface area contributed by atoms with E-state index < -0.39 is 5.91 Å². The van der Waals surface area contributed by atoms with Crippen LogP contribution < -0.4 is 10.2 Å². The highest BCUT2D eigenvalue weighted by atomic mass is 35.5. The fourth-order valence-corrected chi connectivity index (χ4v) is 4.04. The van der Waals surface area contributed by atoms with Crippen molar-refractivity contribution in [2.45, 2.75) is 27.7 Å². The summed E-state index contributed by atoms with van der Waals surface area (Å²) in [4.78, 5) is 28.2. The highest BCUT2D eigenvalue weighted by Gasteiger charge is 2.40. The van der Waals surface area contributed by atoms with Crippen molar-refractivity contribution in [1.82, 2.24) is 0 Å². The lowest BCUT2D eigenvalue weighted by molar-refractivity contribution is -0.120. The van der Waals surface area contributed by atoms with Gasteiger partial charge in [0.2, 0.25) is 0 Å². The molecule has 3 aromatic carbocycles. The summed E-state index contributed by atoms with van der Waals surface area (Å²) < 4.78 is 0. The zero-order valence-electron chi connectivity index (χ0n) is 17.9. The number of benzene rings is 3. The van der Waals surface area contributed by atoms with Gasteiger partial charge in [0.05, 0.1) is 11.3 Å². The third-order valence-electron chi connectivity index (χ3n) is 5.44. The molecule has 0 unspecified atom stereocenters. The van der Waals surface area contributed by atoms with Crippen LogP contribution in [-0.2, 0) is 9.59 Å². The van der Waals surface area contributed by atoms with E-state index in [1.165, 1.54) is 4.90 Å². The maximum absolute atomic E-state index is 13.5. The van der Waals surface area contributed by atoms with Crippen LogP contribution in [0.4, 0.5) is 11.4 Å². The Labute approximate surface area is 187 Å². The number of rotatable bonds is 4. The summed E-state index contributed by atoms with van der Waals surface area (Å²) in [5, 5.41) is 3.69. The Bertz CT molecular complexity index is 1240. The van der Waals surface area contributed by atoms with Gasteiger partial charge in [0.1, 0.15) is 5.70 Å². The van der Waals surface area contributed by atoms with Crippen molar-refractivity contribution < 1.29 is 9.59 Å². The molecule has 5 heteroatoms. The predicted octanol–water partition coefficient (Wildman–Crippen LogP) is 5.97. The number of carbonyl (C=O) groups is 2. The fraction of sp³-hybridized carbons (Fsp3) is 0.154. The molecule has 0 aromatic heterocycles. The van der Waals surface area contributed by atoms with Crippen molar-refractivity contribution in [2.24, 2.45) is 0 Å². The number of aryl methyl sites for hydroxylation is 4. The Hall–Kier alpha value is -3.37. The molecule has 3 aromatic rings. The Kier molecular flexibility index (Phi) is 5.42. The Balaban J connectivity index is 1.87. The molecular formula is C26H23ClN2O2. The maximum Gasteiger partial charge on any atom is 0.282 e. The van der Waals surface area contributed by atoms with Gasteiger partial charge in [0.25, 0.3) is 11.8 Å². The zero-order chi connectivity index (χ0) is 22.3. The molecule has 1 aliphatic heterocycles. The standard InChI is InChI=1S/C26H23ClN2O2/c1-15-10-16(2)12-21(11-15)28-24-23(19-9-8-17(3)18(4)13-19)25(30)29(26(24)31)22-7-5-6-20(27)14-22/h5-14,28H,1-4H3. The summed E-state index contributed by atoms with van der Waals surface area (Å²) in [6, 6.07) is 18.5. The molecule has 0 saturated heterocycles. The predicted molar refractivity (Wildman–Crippen MR) is 126 cm³/mol. The fourth-order valence-electron chi connectivity index (χ4n) is 3.85. The van der Waals surface area contributed by atoms with E-state index in [1.54, 1.807) is 24.3 Å². The Morgan fingerprint density at radius 2 is 1.48 bits per heavy atom. The SMILES string of the molecule is Cc1cc(C)cc(NC2=C(c3ccc(C)c(C)c3)C(=O)N(c3cccc(Cl)c3)C2=O)c1. The Morgan fingerprint density at radius 3 is 2.13 bits per heavy atom. The van der Waals surface area contributed by atoms with Crippen LogP contribution in [0.25, 0.3) is 5.57 Å². The van der Waals surface area contributed by atoms with Gasteiger partial charge in [0, 0.05) is 10.7 Å². The van der Waals surface area contributed by atoms with Gasteiger partial charge in [0.15, 0.2) is 0 Å². The van der Waals surface area contributed by atoms with Crippen molar-refractivity contribution in [1.29, 1.82) is 0 Å². The van der Waals surface area contributed by atoms with E-state index in [9.17, 15) is 9.59 Å². The summed E-state index contributed by atoms with van der Waals surface area (Å²) in [7, 11) is 0. The molecule has 2 amide bonds. The molecule has 0 radical (unpaired) electrons. The van der Waals surface area contributed by atoms with Crippen molar-refractivity contribution in [3.8, 4) is 0 Å². The molecule has 0 saturated carbocycles. The van der Waals surface area contributed by atoms with Crippen molar-refractivity contribution >= 4 is 40.4 Å². The molecular weight excluding hydrogens is 408 g/mol. The van der Waals surface area contributed by atoms with Gasteiger partial charge in [-0.3, -0.25) is 9.59 Å². The van der Waals surface area contributed by atoms with Crippen LogP contribution in [0.1, 0.15) is 27.8 Å². The quantitative estimate of drug-likeness (QED) is 0.518. The lowest BCUT2D eigenvalue weighted by atomic mass is 9.99. The van der Waals surface area contributed by atoms with Gasteiger partial charge in [-0.25, -0.2) is 4.90 Å². The molecule has 4 rings (SSSR count). The minimum absolute atomic E-state index is 0.262. The molecule has 156 valence electrons. The molecule has 4 nitrogen and oxygen atoms in total. The first-order valence-corrected chi connectivity index (χ1v) is 10.4. The summed E-state index contributed by atoms with van der Waals surface area (Å²) >= 11 is 6.13. The lowest BCUT2D eigenvalue weighted by Crippen LogP contribution is -2.32. The smallest absolute Gasteiger partial charge is 0.282 e. The third kappa shape index (κ3) is 3.99. The summed E-state index contributed by atoms with van der Waals surface area (Å²) in [5.74, 6) is -0.776. The van der Waals surface area contributed by atoms with Gasteiger partial charge in [-0.1, -0.05) is 41.9 Å². The largest absolute Gasteiger partial charge is 0.350 e. The van der Waals surface area contributed by atoms with Crippen LogP contribution in [0, 0.1) is 27.7 Å². The van der Waals surface area contributed by atoms with Crippen molar-refractivity contribution in [2.75, 3.05) is 10.2 Å². The first-order chi connectivity index (χ1) is 14.7. The van der Waals surface area contributed by atoms with E-state index in [0.717, 1.165) is 27.9 Å². The van der Waals surface area contributed by atoms with Gasteiger partial charge < -0.3 is 5.32 Å². The molecule has 1 heterocycles.